The molecule has 0 aliphatic rings. The molecule has 7 aromatic rings. The molecule has 0 fully saturated rings. The number of fused-ring (bicyclic) bond motifs is 2. The van der Waals surface area contributed by atoms with Gasteiger partial charge in [-0.15, -0.1) is 0 Å². The van der Waals surface area contributed by atoms with Gasteiger partial charge in [0.15, 0.2) is 0 Å². The van der Waals surface area contributed by atoms with E-state index in [2.05, 4.69) is 48.1 Å². The summed E-state index contributed by atoms with van der Waals surface area (Å²) in [5.74, 6) is 0. The molecular weight excluding hydrogens is 563 g/mol. The zero-order chi connectivity index (χ0) is 26.8. The highest BCUT2D eigenvalue weighted by Crippen LogP contribution is 2.37. The first kappa shape index (κ1) is 27.3. The van der Waals surface area contributed by atoms with Crippen LogP contribution in [-0.2, 0) is 0 Å². The quantitative estimate of drug-likeness (QED) is 0.201. The van der Waals surface area contributed by atoms with E-state index in [9.17, 15) is 0 Å². The summed E-state index contributed by atoms with van der Waals surface area (Å²) in [6.07, 6.45) is 8.45. The van der Waals surface area contributed by atoms with E-state index in [1.54, 1.807) is 31.0 Å². The number of hydrogen-bond donors (Lipinski definition) is 2. The highest BCUT2D eigenvalue weighted by molar-refractivity contribution is 6.31. The fourth-order valence-corrected chi connectivity index (χ4v) is 4.93. The largest absolute Gasteiger partial charge is 0.354 e. The van der Waals surface area contributed by atoms with Gasteiger partial charge in [-0.2, -0.15) is 0 Å². The third-order valence-corrected chi connectivity index (χ3v) is 6.72. The molecule has 0 saturated heterocycles. The molecule has 0 atom stereocenters. The Kier molecular flexibility index (Phi) is 8.12. The molecule has 2 aromatic carbocycles. The van der Waals surface area contributed by atoms with Crippen LogP contribution in [0.5, 0.6) is 0 Å². The van der Waals surface area contributed by atoms with Gasteiger partial charge in [0, 0.05) is 76.6 Å². The number of para-hydroxylation sites is 2. The Balaban J connectivity index is 0.000000190. The van der Waals surface area contributed by atoms with E-state index in [0.29, 0.717) is 10.0 Å². The van der Waals surface area contributed by atoms with Crippen molar-refractivity contribution in [1.29, 1.82) is 0 Å². The Morgan fingerprint density at radius 3 is 2.08 bits per heavy atom. The molecule has 0 saturated carbocycles. The van der Waals surface area contributed by atoms with Crippen LogP contribution < -0.4 is 0 Å². The van der Waals surface area contributed by atoms with E-state index in [1.165, 1.54) is 5.39 Å². The molecule has 7 rings (SSSR count). The summed E-state index contributed by atoms with van der Waals surface area (Å²) >= 11 is 18.0. The minimum absolute atomic E-state index is 0. The molecule has 200 valence electrons. The smallest absolute Gasteiger partial charge is 0.222 e. The van der Waals surface area contributed by atoms with Crippen LogP contribution in [0.1, 0.15) is 8.85 Å². The SMILES string of the molecule is C.Clc1cncc(-c2[nH]c3ccccc3c2-c2ccnc(Cl)n2)c1.Clc1cncc(-c2cc3ccccc3[nH]2)c1.[2HH]. The second-order valence-electron chi connectivity index (χ2n) is 8.69. The van der Waals surface area contributed by atoms with E-state index in [4.69, 9.17) is 34.8 Å². The lowest BCUT2D eigenvalue weighted by Crippen LogP contribution is -1.89. The summed E-state index contributed by atoms with van der Waals surface area (Å²) in [7, 11) is 0. The molecule has 9 heteroatoms. The van der Waals surface area contributed by atoms with E-state index >= 15 is 0 Å². The highest BCUT2D eigenvalue weighted by Gasteiger charge is 2.17. The van der Waals surface area contributed by atoms with Crippen molar-refractivity contribution in [1.82, 2.24) is 29.9 Å². The molecule has 0 bridgehead atoms. The third-order valence-electron chi connectivity index (χ3n) is 6.13. The van der Waals surface area contributed by atoms with Gasteiger partial charge in [-0.25, -0.2) is 9.97 Å². The molecule has 0 amide bonds. The molecule has 5 aromatic heterocycles. The number of H-pyrrole nitrogens is 2. The molecule has 0 unspecified atom stereocenters. The van der Waals surface area contributed by atoms with Gasteiger partial charge in [0.05, 0.1) is 21.4 Å². The number of aromatic amines is 2. The number of hydrogen-bond acceptors (Lipinski definition) is 4. The monoisotopic (exact) mass is 587 g/mol. The zero-order valence-corrected chi connectivity index (χ0v) is 22.5. The topological polar surface area (TPSA) is 83.1 Å². The fraction of sp³-hybridized carbons (Fsp3) is 0.0323. The van der Waals surface area contributed by atoms with Crippen molar-refractivity contribution in [3.8, 4) is 33.8 Å². The normalized spacial score (nSPS) is 10.7. The van der Waals surface area contributed by atoms with Crippen LogP contribution in [0.3, 0.4) is 0 Å². The molecule has 0 spiro atoms. The van der Waals surface area contributed by atoms with Gasteiger partial charge in [0.2, 0.25) is 5.28 Å². The number of benzene rings is 2. The minimum atomic E-state index is 0. The average molecular weight is 589 g/mol. The van der Waals surface area contributed by atoms with Gasteiger partial charge < -0.3 is 9.97 Å². The van der Waals surface area contributed by atoms with Gasteiger partial charge in [-0.05, 0) is 48.0 Å². The fourth-order valence-electron chi connectivity index (χ4n) is 4.44. The molecule has 0 aliphatic carbocycles. The molecule has 0 aliphatic heterocycles. The van der Waals surface area contributed by atoms with Gasteiger partial charge in [-0.1, -0.05) is 67.0 Å². The number of pyridine rings is 2. The Morgan fingerprint density at radius 2 is 1.35 bits per heavy atom. The van der Waals surface area contributed by atoms with Crippen molar-refractivity contribution in [2.45, 2.75) is 7.43 Å². The first-order valence-electron chi connectivity index (χ1n) is 11.9. The van der Waals surface area contributed by atoms with Crippen molar-refractivity contribution >= 4 is 56.6 Å². The van der Waals surface area contributed by atoms with Gasteiger partial charge in [0.1, 0.15) is 0 Å². The third kappa shape index (κ3) is 5.70. The maximum atomic E-state index is 6.09. The number of nitrogens with one attached hydrogen (secondary N) is 2. The number of aromatic nitrogens is 6. The summed E-state index contributed by atoms with van der Waals surface area (Å²) in [4.78, 5) is 23.3. The lowest BCUT2D eigenvalue weighted by atomic mass is 10.0. The van der Waals surface area contributed by atoms with Crippen LogP contribution in [0.25, 0.3) is 55.6 Å². The number of rotatable bonds is 3. The van der Waals surface area contributed by atoms with Crippen LogP contribution in [-0.4, -0.2) is 29.9 Å². The highest BCUT2D eigenvalue weighted by atomic mass is 35.5. The molecule has 5 heterocycles. The van der Waals surface area contributed by atoms with Crippen LogP contribution in [0, 0.1) is 0 Å². The predicted octanol–water partition coefficient (Wildman–Crippen LogP) is 9.76. The Labute approximate surface area is 247 Å². The first-order chi connectivity index (χ1) is 19.0. The molecule has 2 N–H and O–H groups in total. The zero-order valence-electron chi connectivity index (χ0n) is 20.2. The van der Waals surface area contributed by atoms with Crippen molar-refractivity contribution in [3.05, 3.63) is 119 Å². The van der Waals surface area contributed by atoms with E-state index in [0.717, 1.165) is 50.2 Å². The lowest BCUT2D eigenvalue weighted by Gasteiger charge is -2.05. The maximum Gasteiger partial charge on any atom is 0.222 e. The molecule has 6 nitrogen and oxygen atoms in total. The van der Waals surface area contributed by atoms with Crippen molar-refractivity contribution < 1.29 is 1.43 Å². The summed E-state index contributed by atoms with van der Waals surface area (Å²) in [6, 6.07) is 23.9. The summed E-state index contributed by atoms with van der Waals surface area (Å²) < 4.78 is 0. The van der Waals surface area contributed by atoms with Crippen LogP contribution >= 0.6 is 34.8 Å². The first-order valence-corrected chi connectivity index (χ1v) is 13.1. The summed E-state index contributed by atoms with van der Waals surface area (Å²) in [5.41, 5.74) is 7.66. The summed E-state index contributed by atoms with van der Waals surface area (Å²) in [5, 5.41) is 3.68. The van der Waals surface area contributed by atoms with Gasteiger partial charge >= 0.3 is 0 Å². The van der Waals surface area contributed by atoms with Gasteiger partial charge in [0.25, 0.3) is 0 Å². The minimum Gasteiger partial charge on any atom is -0.354 e. The van der Waals surface area contributed by atoms with E-state index in [-0.39, 0.29) is 14.1 Å². The number of nitrogens with zero attached hydrogens (tertiary/aromatic N) is 4. The second-order valence-corrected chi connectivity index (χ2v) is 9.90. The van der Waals surface area contributed by atoms with Crippen LogP contribution in [0.15, 0.2) is 104 Å². The average Bonchev–Trinajstić information content (AvgIpc) is 3.56. The predicted molar refractivity (Wildman–Crippen MR) is 168 cm³/mol. The second kappa shape index (κ2) is 11.9. The lowest BCUT2D eigenvalue weighted by molar-refractivity contribution is 1.17. The Morgan fingerprint density at radius 1 is 0.675 bits per heavy atom. The van der Waals surface area contributed by atoms with E-state index < -0.39 is 0 Å². The van der Waals surface area contributed by atoms with Crippen molar-refractivity contribution in [2.24, 2.45) is 0 Å². The van der Waals surface area contributed by atoms with Crippen molar-refractivity contribution in [3.63, 3.8) is 0 Å². The maximum absolute atomic E-state index is 6.09. The van der Waals surface area contributed by atoms with Crippen LogP contribution in [0.4, 0.5) is 0 Å². The summed E-state index contributed by atoms with van der Waals surface area (Å²) in [6.45, 7) is 0. The molecule has 40 heavy (non-hydrogen) atoms. The van der Waals surface area contributed by atoms with E-state index in [1.807, 2.05) is 54.6 Å². The van der Waals surface area contributed by atoms with Crippen LogP contribution in [0.2, 0.25) is 15.3 Å². The number of halogens is 3. The van der Waals surface area contributed by atoms with Gasteiger partial charge in [-0.3, -0.25) is 9.97 Å². The van der Waals surface area contributed by atoms with Crippen molar-refractivity contribution in [2.75, 3.05) is 0 Å². The Bertz CT molecular complexity index is 1900. The molecule has 0 radical (unpaired) electrons. The molecular formula is C31H25Cl3N6. The standard InChI is InChI=1S/C17H10Cl2N4.C13H9ClN2.CH4.H2/c18-11-7-10(8-20-9-11)16-15(14-5-6-21-17(19)23-14)12-3-1-2-4-13(12)22-16;14-11-5-10(7-15-8-11)13-6-9-3-1-2-4-12(9)16-13;;/h1-9,22H;1-8,16H;1H4;1H/i;;;1+1. The Hall–Kier alpha value is -4.23.